The van der Waals surface area contributed by atoms with E-state index in [1.54, 1.807) is 34.6 Å². The molecule has 1 fully saturated rings. The number of nitrogens with zero attached hydrogens (tertiary/aromatic N) is 1. The highest BCUT2D eigenvalue weighted by molar-refractivity contribution is 6.11. The normalized spacial score (nSPS) is 21.3. The van der Waals surface area contributed by atoms with Crippen molar-refractivity contribution in [3.63, 3.8) is 0 Å². The standard InChI is InChI=1S/C26H31NO4/c1-6-31-24(30)26(5)17-21(27(23(26)29)22(28)25(2,3)4)16-18-12-14-20(15-13-18)19-10-8-7-9-11-19/h7-15,21H,6,16-17H2,1-5H3/t21-,26?/m1/s1. The van der Waals surface area contributed by atoms with Gasteiger partial charge in [-0.2, -0.15) is 0 Å². The molecule has 1 aliphatic rings. The number of benzene rings is 2. The molecule has 0 bridgehead atoms. The molecule has 2 atom stereocenters. The lowest BCUT2D eigenvalue weighted by Crippen LogP contribution is -2.48. The van der Waals surface area contributed by atoms with Crippen LogP contribution in [-0.4, -0.2) is 35.3 Å². The van der Waals surface area contributed by atoms with E-state index in [0.29, 0.717) is 6.42 Å². The molecule has 0 saturated carbocycles. The van der Waals surface area contributed by atoms with Crippen molar-refractivity contribution in [2.24, 2.45) is 10.8 Å². The van der Waals surface area contributed by atoms with Crippen LogP contribution in [0.2, 0.25) is 0 Å². The number of carbonyl (C=O) groups is 3. The smallest absolute Gasteiger partial charge is 0.321 e. The van der Waals surface area contributed by atoms with Gasteiger partial charge in [0.2, 0.25) is 11.8 Å². The van der Waals surface area contributed by atoms with Crippen LogP contribution in [0.25, 0.3) is 11.1 Å². The number of hydrogen-bond acceptors (Lipinski definition) is 4. The number of rotatable bonds is 5. The van der Waals surface area contributed by atoms with Gasteiger partial charge >= 0.3 is 5.97 Å². The minimum atomic E-state index is -1.34. The molecule has 2 aromatic carbocycles. The van der Waals surface area contributed by atoms with Crippen LogP contribution < -0.4 is 0 Å². The lowest BCUT2D eigenvalue weighted by atomic mass is 9.86. The first-order chi connectivity index (χ1) is 14.6. The molecule has 0 radical (unpaired) electrons. The van der Waals surface area contributed by atoms with Crippen LogP contribution in [0.5, 0.6) is 0 Å². The van der Waals surface area contributed by atoms with Gasteiger partial charge in [-0.3, -0.25) is 19.3 Å². The van der Waals surface area contributed by atoms with Gasteiger partial charge in [0.05, 0.1) is 6.61 Å². The summed E-state index contributed by atoms with van der Waals surface area (Å²) in [6.07, 6.45) is 0.755. The zero-order valence-corrected chi connectivity index (χ0v) is 19.0. The van der Waals surface area contributed by atoms with Crippen molar-refractivity contribution < 1.29 is 19.1 Å². The maximum atomic E-state index is 13.3. The van der Waals surface area contributed by atoms with E-state index in [4.69, 9.17) is 4.74 Å². The Kier molecular flexibility index (Phi) is 6.35. The molecule has 2 aromatic rings. The number of amides is 2. The van der Waals surface area contributed by atoms with Gasteiger partial charge in [-0.15, -0.1) is 0 Å². The van der Waals surface area contributed by atoms with Crippen molar-refractivity contribution in [3.05, 3.63) is 60.2 Å². The Balaban J connectivity index is 1.89. The van der Waals surface area contributed by atoms with Gasteiger partial charge in [-0.25, -0.2) is 0 Å². The number of likely N-dealkylation sites (tertiary alicyclic amines) is 1. The van der Waals surface area contributed by atoms with E-state index in [1.165, 1.54) is 4.90 Å². The summed E-state index contributed by atoms with van der Waals surface area (Å²) in [6.45, 7) is 8.86. The Labute approximate surface area is 184 Å². The summed E-state index contributed by atoms with van der Waals surface area (Å²) in [6, 6.07) is 17.8. The summed E-state index contributed by atoms with van der Waals surface area (Å²) in [5, 5.41) is 0. The van der Waals surface area contributed by atoms with Gasteiger partial charge in [0.15, 0.2) is 0 Å². The fourth-order valence-electron chi connectivity index (χ4n) is 4.06. The van der Waals surface area contributed by atoms with Crippen LogP contribution in [0.4, 0.5) is 0 Å². The molecule has 0 spiro atoms. The van der Waals surface area contributed by atoms with Crippen molar-refractivity contribution in [2.75, 3.05) is 6.61 Å². The summed E-state index contributed by atoms with van der Waals surface area (Å²) >= 11 is 0. The lowest BCUT2D eigenvalue weighted by Gasteiger charge is -2.29. The van der Waals surface area contributed by atoms with Gasteiger partial charge in [-0.1, -0.05) is 75.4 Å². The first-order valence-corrected chi connectivity index (χ1v) is 10.8. The zero-order chi connectivity index (χ0) is 22.8. The molecule has 3 rings (SSSR count). The Morgan fingerprint density at radius 2 is 1.61 bits per heavy atom. The highest BCUT2D eigenvalue weighted by Gasteiger charge is 2.57. The molecule has 0 N–H and O–H groups in total. The number of imide groups is 1. The molecule has 164 valence electrons. The van der Waals surface area contributed by atoms with Crippen molar-refractivity contribution in [3.8, 4) is 11.1 Å². The van der Waals surface area contributed by atoms with Crippen LogP contribution in [0.15, 0.2) is 54.6 Å². The third-order valence-electron chi connectivity index (χ3n) is 5.82. The molecular weight excluding hydrogens is 390 g/mol. The quantitative estimate of drug-likeness (QED) is 0.521. The van der Waals surface area contributed by atoms with Crippen LogP contribution in [-0.2, 0) is 25.5 Å². The third kappa shape index (κ3) is 4.55. The Morgan fingerprint density at radius 1 is 1.03 bits per heavy atom. The highest BCUT2D eigenvalue weighted by atomic mass is 16.5. The maximum absolute atomic E-state index is 13.3. The molecule has 1 heterocycles. The van der Waals surface area contributed by atoms with Gasteiger partial charge in [0, 0.05) is 11.5 Å². The summed E-state index contributed by atoms with van der Waals surface area (Å²) in [5.74, 6) is -1.29. The van der Waals surface area contributed by atoms with Crippen molar-refractivity contribution in [1.82, 2.24) is 4.90 Å². The van der Waals surface area contributed by atoms with Gasteiger partial charge < -0.3 is 4.74 Å². The van der Waals surface area contributed by atoms with E-state index in [2.05, 4.69) is 12.1 Å². The summed E-state index contributed by atoms with van der Waals surface area (Å²) in [7, 11) is 0. The summed E-state index contributed by atoms with van der Waals surface area (Å²) in [4.78, 5) is 40.3. The number of hydrogen-bond donors (Lipinski definition) is 0. The van der Waals surface area contributed by atoms with E-state index in [0.717, 1.165) is 16.7 Å². The largest absolute Gasteiger partial charge is 0.465 e. The molecule has 1 unspecified atom stereocenters. The minimum absolute atomic E-state index is 0.195. The monoisotopic (exact) mass is 421 g/mol. The highest BCUT2D eigenvalue weighted by Crippen LogP contribution is 2.40. The van der Waals surface area contributed by atoms with E-state index >= 15 is 0 Å². The second-order valence-electron chi connectivity index (χ2n) is 9.41. The van der Waals surface area contributed by atoms with Crippen molar-refractivity contribution in [2.45, 2.75) is 53.5 Å². The molecule has 0 aromatic heterocycles. The average Bonchev–Trinajstić information content (AvgIpc) is 2.99. The zero-order valence-electron chi connectivity index (χ0n) is 19.0. The molecule has 1 saturated heterocycles. The van der Waals surface area contributed by atoms with Gasteiger partial charge in [-0.05, 0) is 43.4 Å². The van der Waals surface area contributed by atoms with E-state index < -0.39 is 28.7 Å². The van der Waals surface area contributed by atoms with E-state index in [-0.39, 0.29) is 18.9 Å². The molecule has 1 aliphatic heterocycles. The molecule has 0 aliphatic carbocycles. The SMILES string of the molecule is CCOC(=O)C1(C)C[C@@H](Cc2ccc(-c3ccccc3)cc2)N(C(=O)C(C)(C)C)C1=O. The lowest BCUT2D eigenvalue weighted by molar-refractivity contribution is -0.162. The first kappa shape index (κ1) is 22.7. The summed E-state index contributed by atoms with van der Waals surface area (Å²) in [5.41, 5.74) is 1.17. The Bertz CT molecular complexity index is 959. The fourth-order valence-corrected chi connectivity index (χ4v) is 4.06. The fraction of sp³-hybridized carbons (Fsp3) is 0.423. The molecule has 5 nitrogen and oxygen atoms in total. The number of esters is 1. The van der Waals surface area contributed by atoms with Crippen LogP contribution in [0, 0.1) is 10.8 Å². The topological polar surface area (TPSA) is 63.7 Å². The molecule has 5 heteroatoms. The van der Waals surface area contributed by atoms with Crippen LogP contribution >= 0.6 is 0 Å². The van der Waals surface area contributed by atoms with Gasteiger partial charge in [0.25, 0.3) is 0 Å². The van der Waals surface area contributed by atoms with Crippen LogP contribution in [0.1, 0.15) is 46.6 Å². The number of carbonyl (C=O) groups excluding carboxylic acids is 3. The Morgan fingerprint density at radius 3 is 2.16 bits per heavy atom. The maximum Gasteiger partial charge on any atom is 0.321 e. The first-order valence-electron chi connectivity index (χ1n) is 10.8. The van der Waals surface area contributed by atoms with E-state index in [9.17, 15) is 14.4 Å². The predicted molar refractivity (Wildman–Crippen MR) is 120 cm³/mol. The van der Waals surface area contributed by atoms with E-state index in [1.807, 2.05) is 42.5 Å². The second kappa shape index (κ2) is 8.66. The Hall–Kier alpha value is -2.95. The van der Waals surface area contributed by atoms with Crippen LogP contribution in [0.3, 0.4) is 0 Å². The van der Waals surface area contributed by atoms with Crippen molar-refractivity contribution >= 4 is 17.8 Å². The van der Waals surface area contributed by atoms with Crippen molar-refractivity contribution in [1.29, 1.82) is 0 Å². The minimum Gasteiger partial charge on any atom is -0.465 e. The molecule has 31 heavy (non-hydrogen) atoms. The molecule has 2 amide bonds. The second-order valence-corrected chi connectivity index (χ2v) is 9.41. The number of ether oxygens (including phenoxy) is 1. The third-order valence-corrected chi connectivity index (χ3v) is 5.82. The molecular formula is C26H31NO4. The predicted octanol–water partition coefficient (Wildman–Crippen LogP) is 4.64. The average molecular weight is 422 g/mol. The summed E-state index contributed by atoms with van der Waals surface area (Å²) < 4.78 is 5.18. The van der Waals surface area contributed by atoms with Gasteiger partial charge in [0.1, 0.15) is 5.41 Å².